The first-order valence-corrected chi connectivity index (χ1v) is 9.78. The van der Waals surface area contributed by atoms with Crippen LogP contribution >= 0.6 is 12.4 Å². The van der Waals surface area contributed by atoms with Gasteiger partial charge in [0.15, 0.2) is 0 Å². The van der Waals surface area contributed by atoms with Crippen LogP contribution in [0.2, 0.25) is 0 Å². The predicted octanol–water partition coefficient (Wildman–Crippen LogP) is 3.39. The van der Waals surface area contributed by atoms with Gasteiger partial charge < -0.3 is 20.3 Å². The topological polar surface area (TPSA) is 96.7 Å². The summed E-state index contributed by atoms with van der Waals surface area (Å²) < 4.78 is 5.48. The molecule has 2 N–H and O–H groups in total. The molecule has 1 unspecified atom stereocenters. The summed E-state index contributed by atoms with van der Waals surface area (Å²) in [7, 11) is 1.61. The highest BCUT2D eigenvalue weighted by Crippen LogP contribution is 2.34. The smallest absolute Gasteiger partial charge is 0.293 e. The summed E-state index contributed by atoms with van der Waals surface area (Å²) in [6.45, 7) is 1.77. The van der Waals surface area contributed by atoms with Crippen molar-refractivity contribution < 1.29 is 14.5 Å². The summed E-state index contributed by atoms with van der Waals surface area (Å²) in [5.74, 6) is 0.498. The monoisotopic (exact) mass is 432 g/mol. The lowest BCUT2D eigenvalue weighted by Crippen LogP contribution is -2.48. The molecular weight excluding hydrogens is 408 g/mol. The molecule has 8 nitrogen and oxygen atoms in total. The molecule has 30 heavy (non-hydrogen) atoms. The fraction of sp³-hybridized carbons (Fsp3) is 0.381. The van der Waals surface area contributed by atoms with Gasteiger partial charge in [-0.3, -0.25) is 14.9 Å². The van der Waals surface area contributed by atoms with Crippen LogP contribution in [-0.2, 0) is 0 Å². The van der Waals surface area contributed by atoms with Gasteiger partial charge in [0.2, 0.25) is 0 Å². The molecule has 1 aliphatic heterocycles. The number of halogens is 1. The van der Waals surface area contributed by atoms with Gasteiger partial charge >= 0.3 is 0 Å². The Morgan fingerprint density at radius 2 is 2.03 bits per heavy atom. The number of anilines is 1. The molecule has 2 aromatic carbocycles. The third kappa shape index (κ3) is 4.49. The summed E-state index contributed by atoms with van der Waals surface area (Å²) in [6, 6.07) is 12.4. The molecule has 2 fully saturated rings. The van der Waals surface area contributed by atoms with Crippen LogP contribution < -0.4 is 15.4 Å². The van der Waals surface area contributed by atoms with Crippen molar-refractivity contribution in [3.8, 4) is 5.75 Å². The van der Waals surface area contributed by atoms with Crippen molar-refractivity contribution in [1.29, 1.82) is 0 Å². The van der Waals surface area contributed by atoms with Gasteiger partial charge in [-0.1, -0.05) is 18.2 Å². The lowest BCUT2D eigenvalue weighted by molar-refractivity contribution is -0.384. The van der Waals surface area contributed by atoms with Crippen molar-refractivity contribution in [3.05, 3.63) is 63.7 Å². The van der Waals surface area contributed by atoms with Crippen molar-refractivity contribution in [2.24, 2.45) is 0 Å². The van der Waals surface area contributed by atoms with E-state index in [2.05, 4.69) is 10.6 Å². The number of carbonyl (C=O) groups is 1. The molecule has 4 rings (SSSR count). The van der Waals surface area contributed by atoms with E-state index in [1.165, 1.54) is 6.07 Å². The molecule has 2 aromatic rings. The van der Waals surface area contributed by atoms with Gasteiger partial charge in [0.05, 0.1) is 18.1 Å². The molecule has 0 aromatic heterocycles. The molecule has 2 aliphatic rings. The Labute approximate surface area is 181 Å². The quantitative estimate of drug-likeness (QED) is 0.536. The van der Waals surface area contributed by atoms with Gasteiger partial charge in [0.1, 0.15) is 11.4 Å². The molecule has 1 amide bonds. The maximum Gasteiger partial charge on any atom is 0.293 e. The number of nitrogens with zero attached hydrogens (tertiary/aromatic N) is 2. The highest BCUT2D eigenvalue weighted by Gasteiger charge is 2.32. The Bertz CT molecular complexity index is 935. The number of methoxy groups -OCH3 is 1. The Kier molecular flexibility index (Phi) is 6.79. The van der Waals surface area contributed by atoms with E-state index in [0.717, 1.165) is 18.4 Å². The molecular formula is C21H25ClN4O4. The van der Waals surface area contributed by atoms with Gasteiger partial charge in [0.25, 0.3) is 11.6 Å². The fourth-order valence-corrected chi connectivity index (χ4v) is 3.72. The summed E-state index contributed by atoms with van der Waals surface area (Å²) in [6.07, 6.45) is 2.03. The molecule has 1 heterocycles. The second kappa shape index (κ2) is 9.32. The van der Waals surface area contributed by atoms with Gasteiger partial charge in [-0.05, 0) is 31.0 Å². The zero-order chi connectivity index (χ0) is 20.4. The summed E-state index contributed by atoms with van der Waals surface area (Å²) in [5, 5.41) is 18.0. The van der Waals surface area contributed by atoms with Crippen LogP contribution in [0.4, 0.5) is 11.4 Å². The number of hydrogen-bond donors (Lipinski definition) is 2. The van der Waals surface area contributed by atoms with Crippen LogP contribution in [0.1, 0.15) is 34.8 Å². The zero-order valence-corrected chi connectivity index (χ0v) is 17.5. The van der Waals surface area contributed by atoms with Crippen molar-refractivity contribution >= 4 is 29.7 Å². The number of nitro benzene ring substituents is 1. The molecule has 1 saturated carbocycles. The highest BCUT2D eigenvalue weighted by molar-refractivity contribution is 5.96. The van der Waals surface area contributed by atoms with Gasteiger partial charge in [-0.15, -0.1) is 12.4 Å². The first-order valence-electron chi connectivity index (χ1n) is 9.78. The third-order valence-corrected chi connectivity index (χ3v) is 5.38. The summed E-state index contributed by atoms with van der Waals surface area (Å²) in [5.41, 5.74) is 1.64. The molecule has 0 radical (unpaired) electrons. The molecule has 1 atom stereocenters. The van der Waals surface area contributed by atoms with Crippen molar-refractivity contribution in [1.82, 2.24) is 10.2 Å². The van der Waals surface area contributed by atoms with Crippen LogP contribution in [-0.4, -0.2) is 48.5 Å². The van der Waals surface area contributed by atoms with E-state index >= 15 is 0 Å². The van der Waals surface area contributed by atoms with E-state index in [-0.39, 0.29) is 30.0 Å². The number of carbonyl (C=O) groups excluding carboxylic acids is 1. The minimum absolute atomic E-state index is 0. The molecule has 1 aliphatic carbocycles. The standard InChI is InChI=1S/C21H24N4O4.ClH/c1-29-20-5-3-2-4-16(20)19-13-22-10-11-24(19)21(26)14-6-9-17(23-15-7-8-15)18(12-14)25(27)28;/h2-6,9,12,15,19,22-23H,7-8,10-11,13H2,1H3;1H. The number of amides is 1. The molecule has 1 saturated heterocycles. The highest BCUT2D eigenvalue weighted by atomic mass is 35.5. The molecule has 0 spiro atoms. The number of rotatable bonds is 6. The molecule has 0 bridgehead atoms. The van der Waals surface area contributed by atoms with E-state index in [1.54, 1.807) is 24.1 Å². The summed E-state index contributed by atoms with van der Waals surface area (Å²) in [4.78, 5) is 26.2. The number of para-hydroxylation sites is 1. The van der Waals surface area contributed by atoms with Crippen LogP contribution in [0.25, 0.3) is 0 Å². The number of benzene rings is 2. The van der Waals surface area contributed by atoms with Gasteiger partial charge in [0, 0.05) is 42.9 Å². The minimum Gasteiger partial charge on any atom is -0.496 e. The Morgan fingerprint density at radius 3 is 2.73 bits per heavy atom. The van der Waals surface area contributed by atoms with Crippen molar-refractivity contribution in [2.45, 2.75) is 24.9 Å². The van der Waals surface area contributed by atoms with E-state index in [4.69, 9.17) is 4.74 Å². The SMILES string of the molecule is COc1ccccc1C1CNCCN1C(=O)c1ccc(NC2CC2)c([N+](=O)[O-])c1.Cl. The number of hydrogen-bond acceptors (Lipinski definition) is 6. The normalized spacial score (nSPS) is 18.3. The lowest BCUT2D eigenvalue weighted by Gasteiger charge is -2.37. The van der Waals surface area contributed by atoms with Gasteiger partial charge in [-0.2, -0.15) is 0 Å². The van der Waals surface area contributed by atoms with Crippen LogP contribution in [0.5, 0.6) is 5.75 Å². The van der Waals surface area contributed by atoms with Crippen LogP contribution in [0, 0.1) is 10.1 Å². The second-order valence-corrected chi connectivity index (χ2v) is 7.37. The van der Waals surface area contributed by atoms with Crippen molar-refractivity contribution in [2.75, 3.05) is 32.1 Å². The largest absolute Gasteiger partial charge is 0.496 e. The first kappa shape index (κ1) is 21.9. The van der Waals surface area contributed by atoms with Crippen LogP contribution in [0.3, 0.4) is 0 Å². The Hall–Kier alpha value is -2.84. The van der Waals surface area contributed by atoms with E-state index in [9.17, 15) is 14.9 Å². The Balaban J connectivity index is 0.00000256. The Morgan fingerprint density at radius 1 is 1.27 bits per heavy atom. The van der Waals surface area contributed by atoms with E-state index < -0.39 is 4.92 Å². The maximum absolute atomic E-state index is 13.3. The zero-order valence-electron chi connectivity index (χ0n) is 16.7. The maximum atomic E-state index is 13.3. The van der Waals surface area contributed by atoms with E-state index in [1.807, 2.05) is 24.3 Å². The van der Waals surface area contributed by atoms with Gasteiger partial charge in [-0.25, -0.2) is 0 Å². The van der Waals surface area contributed by atoms with Crippen LogP contribution in [0.15, 0.2) is 42.5 Å². The summed E-state index contributed by atoms with van der Waals surface area (Å²) >= 11 is 0. The number of ether oxygens (including phenoxy) is 1. The first-order chi connectivity index (χ1) is 14.1. The number of nitrogens with one attached hydrogen (secondary N) is 2. The number of nitro groups is 1. The van der Waals surface area contributed by atoms with Crippen molar-refractivity contribution in [3.63, 3.8) is 0 Å². The third-order valence-electron chi connectivity index (χ3n) is 5.38. The second-order valence-electron chi connectivity index (χ2n) is 7.37. The molecule has 160 valence electrons. The predicted molar refractivity (Wildman–Crippen MR) is 117 cm³/mol. The number of piperazine rings is 1. The average Bonchev–Trinajstić information content (AvgIpc) is 3.57. The minimum atomic E-state index is -0.434. The average molecular weight is 433 g/mol. The molecule has 9 heteroatoms. The fourth-order valence-electron chi connectivity index (χ4n) is 3.72. The lowest BCUT2D eigenvalue weighted by atomic mass is 10.0. The van der Waals surface area contributed by atoms with E-state index in [0.29, 0.717) is 42.7 Å².